The van der Waals surface area contributed by atoms with Gasteiger partial charge in [-0.25, -0.2) is 9.97 Å². The summed E-state index contributed by atoms with van der Waals surface area (Å²) in [6, 6.07) is 6.46. The van der Waals surface area contributed by atoms with Crippen LogP contribution in [0.2, 0.25) is 0 Å². The Kier molecular flexibility index (Phi) is 4.25. The van der Waals surface area contributed by atoms with Gasteiger partial charge in [-0.2, -0.15) is 26.3 Å². The summed E-state index contributed by atoms with van der Waals surface area (Å²) in [5.41, 5.74) is -1.81. The number of hydrogen-bond donors (Lipinski definition) is 1. The van der Waals surface area contributed by atoms with E-state index in [0.29, 0.717) is 23.0 Å². The molecule has 2 aromatic carbocycles. The van der Waals surface area contributed by atoms with E-state index in [2.05, 4.69) is 15.3 Å². The van der Waals surface area contributed by atoms with Gasteiger partial charge in [0.2, 0.25) is 0 Å². The van der Waals surface area contributed by atoms with Crippen LogP contribution in [-0.4, -0.2) is 9.97 Å². The van der Waals surface area contributed by atoms with E-state index in [1.165, 1.54) is 6.33 Å². The van der Waals surface area contributed by atoms with Crippen molar-refractivity contribution >= 4 is 22.4 Å². The molecule has 1 heterocycles. The summed E-state index contributed by atoms with van der Waals surface area (Å²) in [7, 11) is 0. The van der Waals surface area contributed by atoms with E-state index in [4.69, 9.17) is 0 Å². The second-order valence-corrected chi connectivity index (χ2v) is 5.66. The lowest BCUT2D eigenvalue weighted by atomic mass is 10.1. The minimum absolute atomic E-state index is 0.0768. The van der Waals surface area contributed by atoms with E-state index in [1.54, 1.807) is 25.1 Å². The van der Waals surface area contributed by atoms with Crippen LogP contribution in [0, 0.1) is 6.92 Å². The van der Waals surface area contributed by atoms with Gasteiger partial charge in [-0.1, -0.05) is 11.6 Å². The first kappa shape index (κ1) is 18.0. The Labute approximate surface area is 143 Å². The predicted molar refractivity (Wildman–Crippen MR) is 84.0 cm³/mol. The van der Waals surface area contributed by atoms with Crippen LogP contribution in [-0.2, 0) is 12.4 Å². The van der Waals surface area contributed by atoms with Crippen LogP contribution in [0.3, 0.4) is 0 Å². The molecule has 26 heavy (non-hydrogen) atoms. The van der Waals surface area contributed by atoms with Crippen LogP contribution in [0.15, 0.2) is 42.7 Å². The number of aromatic nitrogens is 2. The Morgan fingerprint density at radius 3 is 2.00 bits per heavy atom. The van der Waals surface area contributed by atoms with E-state index in [-0.39, 0.29) is 17.6 Å². The molecule has 0 aliphatic carbocycles. The second kappa shape index (κ2) is 6.15. The number of fused-ring (bicyclic) bond motifs is 1. The van der Waals surface area contributed by atoms with E-state index in [9.17, 15) is 26.3 Å². The maximum Gasteiger partial charge on any atom is 0.416 e. The fraction of sp³-hybridized carbons (Fsp3) is 0.176. The summed E-state index contributed by atoms with van der Waals surface area (Å²) < 4.78 is 77.8. The molecular formula is C17H11F6N3. The minimum Gasteiger partial charge on any atom is -0.340 e. The molecule has 3 aromatic rings. The first-order valence-corrected chi connectivity index (χ1v) is 7.32. The number of rotatable bonds is 2. The third-order valence-electron chi connectivity index (χ3n) is 3.64. The molecule has 0 saturated heterocycles. The molecule has 0 bridgehead atoms. The zero-order valence-electron chi connectivity index (χ0n) is 13.2. The highest BCUT2D eigenvalue weighted by molar-refractivity contribution is 5.91. The highest BCUT2D eigenvalue weighted by Gasteiger charge is 2.37. The van der Waals surface area contributed by atoms with Crippen LogP contribution in [0.5, 0.6) is 0 Å². The number of benzene rings is 2. The minimum atomic E-state index is -4.91. The molecule has 0 aliphatic heterocycles. The fourth-order valence-electron chi connectivity index (χ4n) is 2.43. The van der Waals surface area contributed by atoms with Crippen molar-refractivity contribution in [3.8, 4) is 0 Å². The largest absolute Gasteiger partial charge is 0.416 e. The average Bonchev–Trinajstić information content (AvgIpc) is 2.53. The van der Waals surface area contributed by atoms with Gasteiger partial charge >= 0.3 is 12.4 Å². The summed E-state index contributed by atoms with van der Waals surface area (Å²) in [5.74, 6) is 0.117. The van der Waals surface area contributed by atoms with E-state index in [0.717, 1.165) is 5.56 Å². The van der Waals surface area contributed by atoms with Crippen molar-refractivity contribution in [2.24, 2.45) is 0 Å². The van der Waals surface area contributed by atoms with Crippen molar-refractivity contribution in [1.82, 2.24) is 9.97 Å². The molecule has 0 atom stereocenters. The fourth-order valence-corrected chi connectivity index (χ4v) is 2.43. The lowest BCUT2D eigenvalue weighted by Crippen LogP contribution is -2.11. The molecule has 0 saturated carbocycles. The van der Waals surface area contributed by atoms with Gasteiger partial charge in [-0.15, -0.1) is 0 Å². The van der Waals surface area contributed by atoms with Crippen molar-refractivity contribution in [1.29, 1.82) is 0 Å². The van der Waals surface area contributed by atoms with Gasteiger partial charge in [0.15, 0.2) is 0 Å². The summed E-state index contributed by atoms with van der Waals surface area (Å²) >= 11 is 0. The van der Waals surface area contributed by atoms with Crippen molar-refractivity contribution in [3.63, 3.8) is 0 Å². The van der Waals surface area contributed by atoms with Gasteiger partial charge in [-0.05, 0) is 37.3 Å². The second-order valence-electron chi connectivity index (χ2n) is 5.66. The van der Waals surface area contributed by atoms with Crippen molar-refractivity contribution < 1.29 is 26.3 Å². The van der Waals surface area contributed by atoms with Crippen LogP contribution < -0.4 is 5.32 Å². The Balaban J connectivity index is 2.12. The Morgan fingerprint density at radius 2 is 1.42 bits per heavy atom. The molecule has 9 heteroatoms. The smallest absolute Gasteiger partial charge is 0.340 e. The summed E-state index contributed by atoms with van der Waals surface area (Å²) in [4.78, 5) is 7.97. The topological polar surface area (TPSA) is 37.8 Å². The highest BCUT2D eigenvalue weighted by Crippen LogP contribution is 2.38. The summed E-state index contributed by atoms with van der Waals surface area (Å²) in [6.07, 6.45) is -8.65. The third kappa shape index (κ3) is 3.71. The van der Waals surface area contributed by atoms with Crippen LogP contribution in [0.1, 0.15) is 16.7 Å². The molecule has 3 rings (SSSR count). The van der Waals surface area contributed by atoms with Gasteiger partial charge < -0.3 is 5.32 Å². The third-order valence-corrected chi connectivity index (χ3v) is 3.64. The molecule has 3 nitrogen and oxygen atoms in total. The molecule has 0 fully saturated rings. The number of nitrogens with one attached hydrogen (secondary N) is 1. The van der Waals surface area contributed by atoms with Crippen LogP contribution >= 0.6 is 0 Å². The van der Waals surface area contributed by atoms with Crippen LogP contribution in [0.4, 0.5) is 37.8 Å². The number of alkyl halides is 6. The molecule has 1 aromatic heterocycles. The maximum atomic E-state index is 13.0. The molecule has 0 aliphatic rings. The first-order chi connectivity index (χ1) is 12.0. The molecule has 0 radical (unpaired) electrons. The van der Waals surface area contributed by atoms with E-state index < -0.39 is 23.5 Å². The quantitative estimate of drug-likeness (QED) is 0.586. The van der Waals surface area contributed by atoms with Gasteiger partial charge in [0.25, 0.3) is 0 Å². The zero-order chi connectivity index (χ0) is 19.1. The molecular weight excluding hydrogens is 360 g/mol. The van der Waals surface area contributed by atoms with E-state index in [1.807, 2.05) is 0 Å². The monoisotopic (exact) mass is 371 g/mol. The lowest BCUT2D eigenvalue weighted by molar-refractivity contribution is -0.143. The van der Waals surface area contributed by atoms with Gasteiger partial charge in [-0.3, -0.25) is 0 Å². The summed E-state index contributed by atoms with van der Waals surface area (Å²) in [6.45, 7) is 1.79. The molecule has 0 amide bonds. The highest BCUT2D eigenvalue weighted by atomic mass is 19.4. The van der Waals surface area contributed by atoms with Gasteiger partial charge in [0, 0.05) is 11.1 Å². The number of halogens is 6. The maximum absolute atomic E-state index is 13.0. The average molecular weight is 371 g/mol. The predicted octanol–water partition coefficient (Wildman–Crippen LogP) is 5.72. The SMILES string of the molecule is Cc1ccc2ncnc(Nc3cc(C(F)(F)F)cc(C(F)(F)F)c3)c2c1. The summed E-state index contributed by atoms with van der Waals surface area (Å²) in [5, 5.41) is 3.03. The molecule has 0 spiro atoms. The molecule has 136 valence electrons. The number of nitrogens with zero attached hydrogens (tertiary/aromatic N) is 2. The Hall–Kier alpha value is -2.84. The van der Waals surface area contributed by atoms with Crippen LogP contribution in [0.25, 0.3) is 10.9 Å². The zero-order valence-corrected chi connectivity index (χ0v) is 13.2. The number of anilines is 2. The Bertz CT molecular complexity index is 931. The first-order valence-electron chi connectivity index (χ1n) is 7.32. The number of hydrogen-bond acceptors (Lipinski definition) is 3. The van der Waals surface area contributed by atoms with Crippen molar-refractivity contribution in [3.05, 3.63) is 59.4 Å². The Morgan fingerprint density at radius 1 is 0.808 bits per heavy atom. The standard InChI is InChI=1S/C17H11F6N3/c1-9-2-3-14-13(4-9)15(25-8-24-14)26-12-6-10(16(18,19)20)5-11(7-12)17(21,22)23/h2-8H,1H3,(H,24,25,26). The molecule has 1 N–H and O–H groups in total. The van der Waals surface area contributed by atoms with Gasteiger partial charge in [0.1, 0.15) is 12.1 Å². The van der Waals surface area contributed by atoms with Crippen molar-refractivity contribution in [2.45, 2.75) is 19.3 Å². The van der Waals surface area contributed by atoms with E-state index >= 15 is 0 Å². The van der Waals surface area contributed by atoms with Crippen molar-refractivity contribution in [2.75, 3.05) is 5.32 Å². The number of aryl methyl sites for hydroxylation is 1. The lowest BCUT2D eigenvalue weighted by Gasteiger charge is -2.15. The van der Waals surface area contributed by atoms with Gasteiger partial charge in [0.05, 0.1) is 16.6 Å². The molecule has 0 unspecified atom stereocenters. The normalized spacial score (nSPS) is 12.4.